The minimum absolute atomic E-state index is 0.480. The minimum atomic E-state index is -0.493. The Balaban J connectivity index is 2.72. The Morgan fingerprint density at radius 1 is 1.69 bits per heavy atom. The van der Waals surface area contributed by atoms with E-state index in [1.807, 2.05) is 6.92 Å². The van der Waals surface area contributed by atoms with Gasteiger partial charge in [-0.25, -0.2) is 4.98 Å². The fraction of sp³-hybridized carbons (Fsp3) is 0.222. The molecule has 0 bridgehead atoms. The lowest BCUT2D eigenvalue weighted by Gasteiger charge is -2.06. The zero-order valence-corrected chi connectivity index (χ0v) is 8.86. The molecule has 0 spiro atoms. The van der Waals surface area contributed by atoms with E-state index < -0.39 is 5.95 Å². The van der Waals surface area contributed by atoms with E-state index in [4.69, 9.17) is 0 Å². The summed E-state index contributed by atoms with van der Waals surface area (Å²) in [6, 6.07) is 2.95. The fourth-order valence-corrected chi connectivity index (χ4v) is 1.23. The van der Waals surface area contributed by atoms with Gasteiger partial charge in [0.15, 0.2) is 0 Å². The number of halogens is 2. The molecule has 0 amide bonds. The molecular formula is C9H10BrFN2. The molecule has 0 radical (unpaired) electrons. The largest absolute Gasteiger partial charge is 0.379 e. The maximum absolute atomic E-state index is 12.6. The number of aromatic nitrogens is 1. The standard InChI is InChI=1S/C9H10BrFN2/c1-6(2)5-12-7-3-4-8(11)13-9(7)10/h3-4,12H,1,5H2,2H3. The monoisotopic (exact) mass is 244 g/mol. The summed E-state index contributed by atoms with van der Waals surface area (Å²) in [6.07, 6.45) is 0. The van der Waals surface area contributed by atoms with Crippen LogP contribution in [0.15, 0.2) is 28.9 Å². The summed E-state index contributed by atoms with van der Waals surface area (Å²) in [4.78, 5) is 3.61. The molecule has 1 rings (SSSR count). The Hall–Kier alpha value is -0.900. The predicted octanol–water partition coefficient (Wildman–Crippen LogP) is 2.97. The van der Waals surface area contributed by atoms with Gasteiger partial charge in [0.1, 0.15) is 4.60 Å². The second-order valence-electron chi connectivity index (χ2n) is 2.78. The van der Waals surface area contributed by atoms with E-state index in [1.54, 1.807) is 6.07 Å². The van der Waals surface area contributed by atoms with Gasteiger partial charge in [0.2, 0.25) is 5.95 Å². The number of hydrogen-bond acceptors (Lipinski definition) is 2. The third kappa shape index (κ3) is 3.14. The van der Waals surface area contributed by atoms with Crippen LogP contribution in [0.4, 0.5) is 10.1 Å². The van der Waals surface area contributed by atoms with Crippen molar-refractivity contribution in [1.29, 1.82) is 0 Å². The molecule has 0 fully saturated rings. The number of nitrogens with one attached hydrogen (secondary N) is 1. The quantitative estimate of drug-likeness (QED) is 0.654. The van der Waals surface area contributed by atoms with E-state index in [2.05, 4.69) is 32.8 Å². The Morgan fingerprint density at radius 3 is 2.92 bits per heavy atom. The third-order valence-corrected chi connectivity index (χ3v) is 2.00. The van der Waals surface area contributed by atoms with Crippen molar-refractivity contribution >= 4 is 21.6 Å². The summed E-state index contributed by atoms with van der Waals surface area (Å²) in [5.74, 6) is -0.493. The first-order chi connectivity index (χ1) is 6.09. The molecule has 70 valence electrons. The molecule has 0 saturated carbocycles. The number of pyridine rings is 1. The number of nitrogens with zero attached hydrogens (tertiary/aromatic N) is 1. The zero-order valence-electron chi connectivity index (χ0n) is 7.27. The van der Waals surface area contributed by atoms with Gasteiger partial charge in [-0.3, -0.25) is 0 Å². The van der Waals surface area contributed by atoms with Gasteiger partial charge in [-0.05, 0) is 35.0 Å². The first kappa shape index (κ1) is 10.2. The topological polar surface area (TPSA) is 24.9 Å². The molecule has 0 atom stereocenters. The highest BCUT2D eigenvalue weighted by Gasteiger charge is 2.01. The van der Waals surface area contributed by atoms with Crippen LogP contribution in [0.5, 0.6) is 0 Å². The Morgan fingerprint density at radius 2 is 2.38 bits per heavy atom. The average molecular weight is 245 g/mol. The molecule has 1 aromatic heterocycles. The van der Waals surface area contributed by atoms with Crippen molar-refractivity contribution in [2.45, 2.75) is 6.92 Å². The molecule has 0 aliphatic heterocycles. The van der Waals surface area contributed by atoms with Gasteiger partial charge in [-0.1, -0.05) is 12.2 Å². The summed E-state index contributed by atoms with van der Waals surface area (Å²) in [7, 11) is 0. The molecule has 13 heavy (non-hydrogen) atoms. The van der Waals surface area contributed by atoms with Crippen LogP contribution in [0.25, 0.3) is 0 Å². The maximum atomic E-state index is 12.6. The normalized spacial score (nSPS) is 9.77. The van der Waals surface area contributed by atoms with Gasteiger partial charge in [0.05, 0.1) is 5.69 Å². The summed E-state index contributed by atoms with van der Waals surface area (Å²) >= 11 is 3.15. The van der Waals surface area contributed by atoms with Crippen LogP contribution >= 0.6 is 15.9 Å². The first-order valence-electron chi connectivity index (χ1n) is 3.80. The molecule has 2 nitrogen and oxygen atoms in total. The molecule has 0 unspecified atom stereocenters. The highest BCUT2D eigenvalue weighted by molar-refractivity contribution is 9.10. The lowest BCUT2D eigenvalue weighted by molar-refractivity contribution is 0.581. The summed E-state index contributed by atoms with van der Waals surface area (Å²) in [5.41, 5.74) is 1.78. The molecule has 1 heterocycles. The average Bonchev–Trinajstić information content (AvgIpc) is 2.02. The molecule has 1 aromatic rings. The van der Waals surface area contributed by atoms with Crippen LogP contribution < -0.4 is 5.32 Å². The molecule has 1 N–H and O–H groups in total. The summed E-state index contributed by atoms with van der Waals surface area (Å²) in [5, 5.41) is 3.06. The maximum Gasteiger partial charge on any atom is 0.214 e. The van der Waals surface area contributed by atoms with E-state index in [1.165, 1.54) is 6.07 Å². The second kappa shape index (κ2) is 4.37. The van der Waals surface area contributed by atoms with Crippen molar-refractivity contribution in [2.24, 2.45) is 0 Å². The molecule has 0 saturated heterocycles. The van der Waals surface area contributed by atoms with Crippen LogP contribution in [0, 0.1) is 5.95 Å². The number of rotatable bonds is 3. The second-order valence-corrected chi connectivity index (χ2v) is 3.53. The van der Waals surface area contributed by atoms with Crippen LogP contribution in [0.1, 0.15) is 6.92 Å². The zero-order chi connectivity index (χ0) is 9.84. The van der Waals surface area contributed by atoms with E-state index in [9.17, 15) is 4.39 Å². The Bertz CT molecular complexity index is 325. The van der Waals surface area contributed by atoms with Gasteiger partial charge in [-0.15, -0.1) is 0 Å². The van der Waals surface area contributed by atoms with Gasteiger partial charge in [0, 0.05) is 6.54 Å². The van der Waals surface area contributed by atoms with Gasteiger partial charge in [0.25, 0.3) is 0 Å². The SMILES string of the molecule is C=C(C)CNc1ccc(F)nc1Br. The van der Waals surface area contributed by atoms with E-state index >= 15 is 0 Å². The number of hydrogen-bond donors (Lipinski definition) is 1. The van der Waals surface area contributed by atoms with Crippen LogP contribution in [-0.2, 0) is 0 Å². The van der Waals surface area contributed by atoms with E-state index in [0.717, 1.165) is 11.3 Å². The van der Waals surface area contributed by atoms with Crippen LogP contribution in [0.2, 0.25) is 0 Å². The fourth-order valence-electron chi connectivity index (χ4n) is 0.790. The molecule has 0 aliphatic rings. The van der Waals surface area contributed by atoms with Crippen molar-refractivity contribution in [3.8, 4) is 0 Å². The molecule has 0 aromatic carbocycles. The van der Waals surface area contributed by atoms with Crippen LogP contribution in [-0.4, -0.2) is 11.5 Å². The summed E-state index contributed by atoms with van der Waals surface area (Å²) in [6.45, 7) is 6.32. The molecule has 0 aliphatic carbocycles. The van der Waals surface area contributed by atoms with Crippen LogP contribution in [0.3, 0.4) is 0 Å². The minimum Gasteiger partial charge on any atom is -0.379 e. The lowest BCUT2D eigenvalue weighted by atomic mass is 10.3. The predicted molar refractivity (Wildman–Crippen MR) is 55.2 cm³/mol. The number of anilines is 1. The third-order valence-electron chi connectivity index (χ3n) is 1.40. The molecular weight excluding hydrogens is 235 g/mol. The molecule has 4 heteroatoms. The van der Waals surface area contributed by atoms with Gasteiger partial charge < -0.3 is 5.32 Å². The summed E-state index contributed by atoms with van der Waals surface area (Å²) < 4.78 is 13.0. The van der Waals surface area contributed by atoms with Crippen molar-refractivity contribution < 1.29 is 4.39 Å². The highest BCUT2D eigenvalue weighted by Crippen LogP contribution is 2.19. The highest BCUT2D eigenvalue weighted by atomic mass is 79.9. The van der Waals surface area contributed by atoms with Crippen molar-refractivity contribution in [3.63, 3.8) is 0 Å². The van der Waals surface area contributed by atoms with Gasteiger partial charge in [-0.2, -0.15) is 4.39 Å². The first-order valence-corrected chi connectivity index (χ1v) is 4.59. The van der Waals surface area contributed by atoms with Crippen molar-refractivity contribution in [3.05, 3.63) is 34.8 Å². The van der Waals surface area contributed by atoms with Gasteiger partial charge >= 0.3 is 0 Å². The van der Waals surface area contributed by atoms with Crippen molar-refractivity contribution in [2.75, 3.05) is 11.9 Å². The van der Waals surface area contributed by atoms with Crippen molar-refractivity contribution in [1.82, 2.24) is 4.98 Å². The smallest absolute Gasteiger partial charge is 0.214 e. The van der Waals surface area contributed by atoms with E-state index in [-0.39, 0.29) is 0 Å². The van der Waals surface area contributed by atoms with E-state index in [0.29, 0.717) is 11.1 Å². The Kier molecular flexibility index (Phi) is 3.42. The lowest BCUT2D eigenvalue weighted by Crippen LogP contribution is -2.03. The Labute approximate surface area is 85.0 Å².